The summed E-state index contributed by atoms with van der Waals surface area (Å²) in [7, 11) is 0. The van der Waals surface area contributed by atoms with Crippen LogP contribution in [-0.4, -0.2) is 11.1 Å². The summed E-state index contributed by atoms with van der Waals surface area (Å²) in [6, 6.07) is 7.58. The second-order valence-electron chi connectivity index (χ2n) is 4.05. The Kier molecular flexibility index (Phi) is 3.48. The van der Waals surface area contributed by atoms with Gasteiger partial charge in [-0.15, -0.1) is 0 Å². The Morgan fingerprint density at radius 1 is 1.00 bits per heavy atom. The Morgan fingerprint density at radius 3 is 2.10 bits per heavy atom. The smallest absolute Gasteiger partial charge is 0.416 e. The van der Waals surface area contributed by atoms with E-state index < -0.39 is 29.1 Å². The Morgan fingerprint density at radius 2 is 1.60 bits per heavy atom. The van der Waals surface area contributed by atoms with Crippen LogP contribution in [0.3, 0.4) is 0 Å². The average molecular weight is 284 g/mol. The number of benzene rings is 2. The molecule has 20 heavy (non-hydrogen) atoms. The van der Waals surface area contributed by atoms with Gasteiger partial charge in [-0.05, 0) is 23.8 Å². The van der Waals surface area contributed by atoms with Crippen LogP contribution in [0.25, 0.3) is 11.1 Å². The molecular formula is C14H8F4O2. The molecule has 0 aromatic heterocycles. The Hall–Kier alpha value is -2.37. The normalized spacial score (nSPS) is 11.4. The lowest BCUT2D eigenvalue weighted by Crippen LogP contribution is -2.04. The lowest BCUT2D eigenvalue weighted by molar-refractivity contribution is -0.137. The maximum Gasteiger partial charge on any atom is 0.416 e. The Bertz CT molecular complexity index is 645. The maximum atomic E-state index is 13.9. The third-order valence-corrected chi connectivity index (χ3v) is 2.75. The first-order valence-electron chi connectivity index (χ1n) is 5.50. The highest BCUT2D eigenvalue weighted by Gasteiger charge is 2.30. The second kappa shape index (κ2) is 4.96. The number of halogens is 4. The van der Waals surface area contributed by atoms with Gasteiger partial charge < -0.3 is 5.11 Å². The van der Waals surface area contributed by atoms with Crippen molar-refractivity contribution in [2.75, 3.05) is 0 Å². The number of carboxylic acids is 1. The topological polar surface area (TPSA) is 37.3 Å². The van der Waals surface area contributed by atoms with Crippen molar-refractivity contribution >= 4 is 5.97 Å². The average Bonchev–Trinajstić information content (AvgIpc) is 2.38. The van der Waals surface area contributed by atoms with Gasteiger partial charge in [0.25, 0.3) is 0 Å². The number of carbonyl (C=O) groups is 1. The van der Waals surface area contributed by atoms with Gasteiger partial charge in [0, 0.05) is 5.56 Å². The monoisotopic (exact) mass is 284 g/mol. The highest BCUT2D eigenvalue weighted by Crippen LogP contribution is 2.32. The first-order chi connectivity index (χ1) is 9.30. The van der Waals surface area contributed by atoms with E-state index in [-0.39, 0.29) is 11.1 Å². The molecule has 0 aliphatic carbocycles. The van der Waals surface area contributed by atoms with E-state index in [0.29, 0.717) is 0 Å². The lowest BCUT2D eigenvalue weighted by atomic mass is 10.0. The third kappa shape index (κ3) is 2.64. The number of alkyl halides is 3. The summed E-state index contributed by atoms with van der Waals surface area (Å²) >= 11 is 0. The molecular weight excluding hydrogens is 276 g/mol. The quantitative estimate of drug-likeness (QED) is 0.839. The second-order valence-corrected chi connectivity index (χ2v) is 4.05. The fourth-order valence-corrected chi connectivity index (χ4v) is 1.76. The summed E-state index contributed by atoms with van der Waals surface area (Å²) in [5.74, 6) is -2.41. The molecule has 0 unspecified atom stereocenters. The Balaban J connectivity index is 2.48. The van der Waals surface area contributed by atoms with E-state index in [0.717, 1.165) is 30.3 Å². The molecule has 2 aromatic rings. The molecule has 0 spiro atoms. The van der Waals surface area contributed by atoms with E-state index in [1.807, 2.05) is 0 Å². The molecule has 104 valence electrons. The number of hydrogen-bond acceptors (Lipinski definition) is 1. The van der Waals surface area contributed by atoms with Crippen molar-refractivity contribution < 1.29 is 27.5 Å². The molecule has 2 aromatic carbocycles. The fraction of sp³-hybridized carbons (Fsp3) is 0.0714. The van der Waals surface area contributed by atoms with Crippen molar-refractivity contribution in [1.82, 2.24) is 0 Å². The maximum absolute atomic E-state index is 13.9. The molecule has 2 nitrogen and oxygen atoms in total. The summed E-state index contributed by atoms with van der Waals surface area (Å²) in [4.78, 5) is 10.8. The van der Waals surface area contributed by atoms with Gasteiger partial charge in [-0.2, -0.15) is 13.2 Å². The van der Waals surface area contributed by atoms with Crippen LogP contribution in [0.2, 0.25) is 0 Å². The minimum absolute atomic E-state index is 0.0568. The summed E-state index contributed by atoms with van der Waals surface area (Å²) in [6.45, 7) is 0. The van der Waals surface area contributed by atoms with Crippen LogP contribution < -0.4 is 0 Å². The standard InChI is InChI=1S/C14H8F4O2/c15-12-10(2-1-3-11(12)13(19)20)8-4-6-9(7-5-8)14(16,17)18/h1-7H,(H,19,20). The zero-order chi connectivity index (χ0) is 14.9. The van der Waals surface area contributed by atoms with Gasteiger partial charge in [0.1, 0.15) is 5.82 Å². The van der Waals surface area contributed by atoms with E-state index in [4.69, 9.17) is 5.11 Å². The molecule has 0 amide bonds. The van der Waals surface area contributed by atoms with Gasteiger partial charge in [0.2, 0.25) is 0 Å². The molecule has 2 rings (SSSR count). The summed E-state index contributed by atoms with van der Waals surface area (Å²) in [5, 5.41) is 8.80. The Labute approximate surface area is 111 Å². The number of rotatable bonds is 2. The van der Waals surface area contributed by atoms with E-state index in [1.165, 1.54) is 12.1 Å². The molecule has 1 N–H and O–H groups in total. The predicted octanol–water partition coefficient (Wildman–Crippen LogP) is 4.21. The largest absolute Gasteiger partial charge is 0.478 e. The molecule has 6 heteroatoms. The van der Waals surface area contributed by atoms with E-state index >= 15 is 0 Å². The zero-order valence-corrected chi connectivity index (χ0v) is 9.91. The molecule has 0 saturated carbocycles. The van der Waals surface area contributed by atoms with Crippen LogP contribution >= 0.6 is 0 Å². The van der Waals surface area contributed by atoms with Crippen LogP contribution in [0.1, 0.15) is 15.9 Å². The molecule has 0 fully saturated rings. The molecule has 0 radical (unpaired) electrons. The molecule has 0 heterocycles. The number of aromatic carboxylic acids is 1. The van der Waals surface area contributed by atoms with Crippen LogP contribution in [0, 0.1) is 5.82 Å². The number of carboxylic acid groups (broad SMARTS) is 1. The molecule has 0 bridgehead atoms. The first-order valence-corrected chi connectivity index (χ1v) is 5.50. The third-order valence-electron chi connectivity index (χ3n) is 2.75. The zero-order valence-electron chi connectivity index (χ0n) is 9.91. The van der Waals surface area contributed by atoms with Crippen molar-refractivity contribution in [3.05, 3.63) is 59.4 Å². The van der Waals surface area contributed by atoms with Crippen molar-refractivity contribution in [3.8, 4) is 11.1 Å². The summed E-state index contributed by atoms with van der Waals surface area (Å²) < 4.78 is 51.2. The lowest BCUT2D eigenvalue weighted by Gasteiger charge is -2.09. The summed E-state index contributed by atoms with van der Waals surface area (Å²) in [5.41, 5.74) is -1.25. The van der Waals surface area contributed by atoms with Crippen molar-refractivity contribution in [1.29, 1.82) is 0 Å². The minimum Gasteiger partial charge on any atom is -0.478 e. The SMILES string of the molecule is O=C(O)c1cccc(-c2ccc(C(F)(F)F)cc2)c1F. The van der Waals surface area contributed by atoms with Gasteiger partial charge in [0.15, 0.2) is 0 Å². The van der Waals surface area contributed by atoms with Crippen molar-refractivity contribution in [3.63, 3.8) is 0 Å². The highest BCUT2D eigenvalue weighted by atomic mass is 19.4. The van der Waals surface area contributed by atoms with Gasteiger partial charge in [-0.25, -0.2) is 9.18 Å². The van der Waals surface area contributed by atoms with Crippen LogP contribution in [0.5, 0.6) is 0 Å². The van der Waals surface area contributed by atoms with Crippen molar-refractivity contribution in [2.24, 2.45) is 0 Å². The van der Waals surface area contributed by atoms with Gasteiger partial charge >= 0.3 is 12.1 Å². The van der Waals surface area contributed by atoms with Gasteiger partial charge in [-0.3, -0.25) is 0 Å². The van der Waals surface area contributed by atoms with Gasteiger partial charge in [0.05, 0.1) is 11.1 Å². The highest BCUT2D eigenvalue weighted by molar-refractivity contribution is 5.90. The minimum atomic E-state index is -4.47. The van der Waals surface area contributed by atoms with E-state index in [2.05, 4.69) is 0 Å². The molecule has 0 saturated heterocycles. The molecule has 0 aliphatic rings. The van der Waals surface area contributed by atoms with E-state index in [1.54, 1.807) is 0 Å². The van der Waals surface area contributed by atoms with Gasteiger partial charge in [-0.1, -0.05) is 24.3 Å². The van der Waals surface area contributed by atoms with Crippen LogP contribution in [0.15, 0.2) is 42.5 Å². The summed E-state index contributed by atoms with van der Waals surface area (Å²) in [6.07, 6.45) is -4.47. The first kappa shape index (κ1) is 14.0. The fourth-order valence-electron chi connectivity index (χ4n) is 1.76. The van der Waals surface area contributed by atoms with Crippen LogP contribution in [0.4, 0.5) is 17.6 Å². The molecule has 0 atom stereocenters. The molecule has 0 aliphatic heterocycles. The van der Waals surface area contributed by atoms with E-state index in [9.17, 15) is 22.4 Å². The van der Waals surface area contributed by atoms with Crippen molar-refractivity contribution in [2.45, 2.75) is 6.18 Å². The predicted molar refractivity (Wildman–Crippen MR) is 63.8 cm³/mol. The van der Waals surface area contributed by atoms with Crippen LogP contribution in [-0.2, 0) is 6.18 Å². The number of hydrogen-bond donors (Lipinski definition) is 1.